The quantitative estimate of drug-likeness (QED) is 0.160. The zero-order valence-corrected chi connectivity index (χ0v) is 23.7. The molecule has 0 bridgehead atoms. The van der Waals surface area contributed by atoms with Gasteiger partial charge in [-0.25, -0.2) is 0 Å². The molecule has 2 saturated carbocycles. The van der Waals surface area contributed by atoms with Gasteiger partial charge in [0, 0.05) is 23.9 Å². The van der Waals surface area contributed by atoms with E-state index in [1.54, 1.807) is 6.92 Å². The number of aliphatic hydroxyl groups is 3. The Hall–Kier alpha value is -0.990. The Morgan fingerprint density at radius 2 is 1.95 bits per heavy atom. The molecule has 11 unspecified atom stereocenters. The summed E-state index contributed by atoms with van der Waals surface area (Å²) in [4.78, 5) is 13.3. The van der Waals surface area contributed by atoms with Gasteiger partial charge in [0.1, 0.15) is 17.8 Å². The zero-order chi connectivity index (χ0) is 27.2. The molecule has 2 aliphatic heterocycles. The van der Waals surface area contributed by atoms with Crippen molar-refractivity contribution in [1.82, 2.24) is 0 Å². The van der Waals surface area contributed by atoms with Crippen molar-refractivity contribution in [2.75, 3.05) is 13.2 Å². The Balaban J connectivity index is 1.44. The topological polar surface area (TPSA) is 109 Å². The van der Waals surface area contributed by atoms with Crippen LogP contribution in [0, 0.1) is 35.0 Å². The van der Waals surface area contributed by atoms with Crippen LogP contribution in [0.5, 0.6) is 0 Å². The highest BCUT2D eigenvalue weighted by Gasteiger charge is 2.85. The van der Waals surface area contributed by atoms with Crippen molar-refractivity contribution in [3.63, 3.8) is 0 Å². The molecule has 3 N–H and O–H groups in total. The largest absolute Gasteiger partial charge is 0.459 e. The molecule has 11 atom stereocenters. The molecule has 0 aromatic rings. The van der Waals surface area contributed by atoms with Crippen LogP contribution in [-0.2, 0) is 19.0 Å². The first-order chi connectivity index (χ1) is 17.5. The van der Waals surface area contributed by atoms with E-state index in [0.29, 0.717) is 24.5 Å². The average Bonchev–Trinajstić information content (AvgIpc) is 3.59. The van der Waals surface area contributed by atoms with Crippen molar-refractivity contribution in [1.29, 1.82) is 0 Å². The fraction of sp³-hybridized carbons (Fsp3) is 0.900. The second kappa shape index (κ2) is 10.9. The van der Waals surface area contributed by atoms with E-state index in [2.05, 4.69) is 27.7 Å². The van der Waals surface area contributed by atoms with Gasteiger partial charge < -0.3 is 29.5 Å². The molecular formula is C30H50O7. The predicted molar refractivity (Wildman–Crippen MR) is 140 cm³/mol. The summed E-state index contributed by atoms with van der Waals surface area (Å²) in [6.45, 7) is 12.8. The van der Waals surface area contributed by atoms with Gasteiger partial charge in [0.15, 0.2) is 5.79 Å². The van der Waals surface area contributed by atoms with Gasteiger partial charge in [-0.15, -0.1) is 0 Å². The second-order valence-corrected chi connectivity index (χ2v) is 12.9. The number of aliphatic hydroxyl groups excluding tert-OH is 2. The van der Waals surface area contributed by atoms with E-state index in [-0.39, 0.29) is 29.8 Å². The van der Waals surface area contributed by atoms with E-state index in [4.69, 9.17) is 14.2 Å². The van der Waals surface area contributed by atoms with Crippen LogP contribution in [0.4, 0.5) is 0 Å². The Morgan fingerprint density at radius 3 is 2.62 bits per heavy atom. The normalized spacial score (nSPS) is 43.3. The predicted octanol–water partition coefficient (Wildman–Crippen LogP) is 4.37. The van der Waals surface area contributed by atoms with Gasteiger partial charge in [-0.1, -0.05) is 59.5 Å². The lowest BCUT2D eigenvalue weighted by molar-refractivity contribution is -0.234. The van der Waals surface area contributed by atoms with Crippen LogP contribution < -0.4 is 0 Å². The first-order valence-electron chi connectivity index (χ1n) is 14.7. The molecule has 7 heteroatoms. The number of carbonyl (C=O) groups is 1. The maximum Gasteiger partial charge on any atom is 0.312 e. The Bertz CT molecular complexity index is 859. The minimum atomic E-state index is -1.33. The molecule has 0 aromatic carbocycles. The fourth-order valence-electron chi connectivity index (χ4n) is 7.70. The smallest absolute Gasteiger partial charge is 0.312 e. The number of ether oxygens (including phenoxy) is 3. The molecule has 0 aromatic heterocycles. The van der Waals surface area contributed by atoms with Crippen molar-refractivity contribution in [2.24, 2.45) is 35.0 Å². The van der Waals surface area contributed by atoms with E-state index in [9.17, 15) is 20.1 Å². The summed E-state index contributed by atoms with van der Waals surface area (Å²) < 4.78 is 18.4. The standard InChI is InChI=1S/C30H50O7/c1-7-8-9-10-11-22(16-31)14-18(2)25(32)21(5)26(33)36-24-13-12-20(4)28(6)15-23-19(3)17-35-30(23,34)27-29(24,28)37-27/h14,19-25,27,31-32,34H,7-13,15-17H2,1-6H3. The van der Waals surface area contributed by atoms with Crippen LogP contribution in [0.1, 0.15) is 92.9 Å². The average molecular weight is 523 g/mol. The lowest BCUT2D eigenvalue weighted by Gasteiger charge is -2.54. The Kier molecular flexibility index (Phi) is 8.53. The zero-order valence-electron chi connectivity index (χ0n) is 23.7. The lowest BCUT2D eigenvalue weighted by atomic mass is 9.50. The van der Waals surface area contributed by atoms with E-state index in [1.807, 2.05) is 13.0 Å². The summed E-state index contributed by atoms with van der Waals surface area (Å²) in [6, 6.07) is 0. The highest BCUT2D eigenvalue weighted by Crippen LogP contribution is 2.72. The maximum atomic E-state index is 13.3. The minimum Gasteiger partial charge on any atom is -0.459 e. The van der Waals surface area contributed by atoms with E-state index in [0.717, 1.165) is 38.5 Å². The van der Waals surface area contributed by atoms with Gasteiger partial charge in [0.25, 0.3) is 0 Å². The van der Waals surface area contributed by atoms with Gasteiger partial charge in [0.05, 0.1) is 18.6 Å². The number of carbonyl (C=O) groups excluding carboxylic acids is 1. The van der Waals surface area contributed by atoms with Crippen molar-refractivity contribution < 1.29 is 34.3 Å². The molecule has 4 rings (SSSR count). The lowest BCUT2D eigenvalue weighted by Crippen LogP contribution is -2.64. The van der Waals surface area contributed by atoms with Crippen molar-refractivity contribution in [2.45, 2.75) is 123 Å². The molecular weight excluding hydrogens is 472 g/mol. The summed E-state index contributed by atoms with van der Waals surface area (Å²) in [7, 11) is 0. The Labute approximate surface area is 222 Å². The van der Waals surface area contributed by atoms with E-state index >= 15 is 0 Å². The summed E-state index contributed by atoms with van der Waals surface area (Å²) in [5.74, 6) is -1.95. The van der Waals surface area contributed by atoms with E-state index in [1.165, 1.54) is 6.42 Å². The number of rotatable bonds is 11. The fourth-order valence-corrected chi connectivity index (χ4v) is 7.70. The van der Waals surface area contributed by atoms with Crippen LogP contribution in [0.15, 0.2) is 11.6 Å². The van der Waals surface area contributed by atoms with Crippen LogP contribution in [0.3, 0.4) is 0 Å². The number of epoxide rings is 1. The third-order valence-corrected chi connectivity index (χ3v) is 10.5. The van der Waals surface area contributed by atoms with Crippen LogP contribution in [0.2, 0.25) is 0 Å². The molecule has 0 radical (unpaired) electrons. The Morgan fingerprint density at radius 1 is 1.22 bits per heavy atom. The summed E-state index contributed by atoms with van der Waals surface area (Å²) in [6.07, 6.45) is 7.66. The molecule has 7 nitrogen and oxygen atoms in total. The molecule has 4 aliphatic rings. The summed E-state index contributed by atoms with van der Waals surface area (Å²) in [5.41, 5.74) is -0.308. The molecule has 212 valence electrons. The number of esters is 1. The van der Waals surface area contributed by atoms with Crippen LogP contribution in [0.25, 0.3) is 0 Å². The molecule has 2 aliphatic carbocycles. The number of hydrogen-bond donors (Lipinski definition) is 3. The van der Waals surface area contributed by atoms with Crippen molar-refractivity contribution >= 4 is 5.97 Å². The molecule has 37 heavy (non-hydrogen) atoms. The summed E-state index contributed by atoms with van der Waals surface area (Å²) in [5, 5.41) is 32.3. The number of unbranched alkanes of at least 4 members (excludes halogenated alkanes) is 3. The van der Waals surface area contributed by atoms with Gasteiger partial charge in [-0.3, -0.25) is 4.79 Å². The molecule has 2 heterocycles. The van der Waals surface area contributed by atoms with Crippen molar-refractivity contribution in [3.8, 4) is 0 Å². The van der Waals surface area contributed by atoms with Crippen molar-refractivity contribution in [3.05, 3.63) is 11.6 Å². The molecule has 4 fully saturated rings. The van der Waals surface area contributed by atoms with Gasteiger partial charge >= 0.3 is 5.97 Å². The van der Waals surface area contributed by atoms with E-state index < -0.39 is 41.6 Å². The first-order valence-corrected chi connectivity index (χ1v) is 14.7. The monoisotopic (exact) mass is 522 g/mol. The highest BCUT2D eigenvalue weighted by atomic mass is 16.7. The highest BCUT2D eigenvalue weighted by molar-refractivity contribution is 5.73. The number of fused-ring (bicyclic) bond motifs is 2. The minimum absolute atomic E-state index is 0.00463. The third kappa shape index (κ3) is 4.82. The second-order valence-electron chi connectivity index (χ2n) is 12.9. The van der Waals surface area contributed by atoms with Crippen LogP contribution >= 0.6 is 0 Å². The van der Waals surface area contributed by atoms with Gasteiger partial charge in [0.2, 0.25) is 0 Å². The SMILES string of the molecule is CCCCCCC(C=C(C)C(O)C(C)C(=O)OC1CCC(C)C2(C)CC3C(C)COC3(O)C3OC132)CO. The van der Waals surface area contributed by atoms with Gasteiger partial charge in [-0.05, 0) is 56.9 Å². The molecule has 1 spiro atoms. The number of hydrogen-bond acceptors (Lipinski definition) is 7. The first kappa shape index (κ1) is 29.0. The van der Waals surface area contributed by atoms with Gasteiger partial charge in [-0.2, -0.15) is 0 Å². The van der Waals surface area contributed by atoms with Crippen LogP contribution in [-0.4, -0.2) is 64.2 Å². The molecule has 0 amide bonds. The third-order valence-electron chi connectivity index (χ3n) is 10.5. The molecule has 2 saturated heterocycles. The summed E-state index contributed by atoms with van der Waals surface area (Å²) >= 11 is 0. The maximum absolute atomic E-state index is 13.3.